The van der Waals surface area contributed by atoms with Crippen LogP contribution in [0, 0.1) is 0 Å². The van der Waals surface area contributed by atoms with Gasteiger partial charge in [0.15, 0.2) is 10.4 Å². The Bertz CT molecular complexity index is 599. The zero-order valence-corrected chi connectivity index (χ0v) is 12.8. The smallest absolute Gasteiger partial charge is 0.389 e. The topological polar surface area (TPSA) is 76.4 Å². The first-order valence-corrected chi connectivity index (χ1v) is 8.20. The highest BCUT2D eigenvalue weighted by atomic mass is 79.9. The van der Waals surface area contributed by atoms with E-state index in [1.54, 1.807) is 0 Å². The molecule has 0 aromatic carbocycles. The van der Waals surface area contributed by atoms with Gasteiger partial charge < -0.3 is 9.73 Å². The van der Waals surface area contributed by atoms with Crippen molar-refractivity contribution < 1.29 is 30.8 Å². The fourth-order valence-corrected chi connectivity index (χ4v) is 3.24. The van der Waals surface area contributed by atoms with Crippen molar-refractivity contribution in [3.8, 4) is 0 Å². The van der Waals surface area contributed by atoms with Gasteiger partial charge in [-0.05, 0) is 22.4 Å². The number of nitrogens with one attached hydrogen (secondary N) is 1. The van der Waals surface area contributed by atoms with Crippen LogP contribution in [0.2, 0.25) is 0 Å². The molecule has 0 radical (unpaired) electrons. The molecule has 0 aliphatic heterocycles. The molecule has 11 heteroatoms. The molecule has 0 saturated carbocycles. The molecule has 1 aromatic heterocycles. The van der Waals surface area contributed by atoms with Gasteiger partial charge in [-0.15, -0.1) is 0 Å². The van der Waals surface area contributed by atoms with Crippen LogP contribution in [0.5, 0.6) is 0 Å². The van der Waals surface area contributed by atoms with Crippen molar-refractivity contribution in [2.75, 3.05) is 6.54 Å². The highest BCUT2D eigenvalue weighted by Gasteiger charge is 2.26. The summed E-state index contributed by atoms with van der Waals surface area (Å²) in [6.07, 6.45) is -5.62. The third kappa shape index (κ3) is 5.33. The summed E-state index contributed by atoms with van der Waals surface area (Å²) in [5.41, 5.74) is 0. The van der Waals surface area contributed by atoms with E-state index in [0.717, 1.165) is 6.07 Å². The highest BCUT2D eigenvalue weighted by molar-refractivity contribution is 9.10. The third-order valence-electron chi connectivity index (χ3n) is 2.06. The maximum absolute atomic E-state index is 11.9. The molecule has 0 spiro atoms. The Morgan fingerprint density at radius 3 is 2.50 bits per heavy atom. The van der Waals surface area contributed by atoms with Crippen LogP contribution in [0.25, 0.3) is 0 Å². The maximum Gasteiger partial charge on any atom is 0.389 e. The summed E-state index contributed by atoms with van der Waals surface area (Å²) in [6, 6.07) is 0.880. The fourth-order valence-electron chi connectivity index (χ4n) is 1.21. The van der Waals surface area contributed by atoms with Gasteiger partial charge in [0.1, 0.15) is 4.90 Å². The fraction of sp³-hybridized carbons (Fsp3) is 0.444. The molecule has 0 saturated heterocycles. The Morgan fingerprint density at radius 2 is 2.05 bits per heavy atom. The second-order valence-electron chi connectivity index (χ2n) is 3.66. The van der Waals surface area contributed by atoms with E-state index < -0.39 is 32.5 Å². The Hall–Kier alpha value is -0.740. The number of hydrogen-bond donors (Lipinski definition) is 1. The Labute approximate surface area is 125 Å². The first-order valence-electron chi connectivity index (χ1n) is 5.09. The molecule has 20 heavy (non-hydrogen) atoms. The van der Waals surface area contributed by atoms with E-state index in [2.05, 4.69) is 21.2 Å². The number of amides is 1. The Kier molecular flexibility index (Phi) is 5.50. The van der Waals surface area contributed by atoms with Crippen molar-refractivity contribution in [2.45, 2.75) is 23.9 Å². The zero-order valence-electron chi connectivity index (χ0n) is 9.63. The first-order chi connectivity index (χ1) is 9.00. The molecule has 1 amide bonds. The molecule has 114 valence electrons. The monoisotopic (exact) mass is 397 g/mol. The van der Waals surface area contributed by atoms with Crippen LogP contribution in [0.3, 0.4) is 0 Å². The molecule has 0 aliphatic carbocycles. The van der Waals surface area contributed by atoms with Crippen LogP contribution < -0.4 is 5.32 Å². The van der Waals surface area contributed by atoms with Crippen molar-refractivity contribution in [3.63, 3.8) is 0 Å². The summed E-state index contributed by atoms with van der Waals surface area (Å²) < 4.78 is 62.3. The molecule has 1 heterocycles. The second kappa shape index (κ2) is 6.35. The number of furan rings is 1. The van der Waals surface area contributed by atoms with Crippen LogP contribution in [0.1, 0.15) is 23.4 Å². The second-order valence-corrected chi connectivity index (χ2v) is 6.92. The standard InChI is InChI=1S/C9H8BrClF3NO4S/c10-7-6(20(11,17)18)4-5(19-7)8(16)15-3-1-2-9(12,13)14/h4H,1-3H2,(H,15,16). The Balaban J connectivity index is 2.61. The van der Waals surface area contributed by atoms with Crippen molar-refractivity contribution in [1.29, 1.82) is 0 Å². The van der Waals surface area contributed by atoms with Gasteiger partial charge in [-0.1, -0.05) is 0 Å². The van der Waals surface area contributed by atoms with E-state index in [9.17, 15) is 26.4 Å². The quantitative estimate of drug-likeness (QED) is 0.611. The van der Waals surface area contributed by atoms with Crippen LogP contribution >= 0.6 is 26.6 Å². The molecule has 0 fully saturated rings. The Morgan fingerprint density at radius 1 is 1.45 bits per heavy atom. The third-order valence-corrected chi connectivity index (χ3v) is 4.24. The minimum Gasteiger partial charge on any atom is -0.443 e. The summed E-state index contributed by atoms with van der Waals surface area (Å²) in [5.74, 6) is -1.21. The van der Waals surface area contributed by atoms with Gasteiger partial charge in [0, 0.05) is 29.7 Å². The van der Waals surface area contributed by atoms with E-state index in [-0.39, 0.29) is 23.4 Å². The lowest BCUT2D eigenvalue weighted by molar-refractivity contribution is -0.135. The van der Waals surface area contributed by atoms with Crippen LogP contribution in [-0.2, 0) is 9.05 Å². The maximum atomic E-state index is 11.9. The van der Waals surface area contributed by atoms with Gasteiger partial charge in [0.05, 0.1) is 0 Å². The minimum atomic E-state index is -4.29. The van der Waals surface area contributed by atoms with E-state index in [4.69, 9.17) is 15.1 Å². The predicted molar refractivity (Wildman–Crippen MR) is 67.1 cm³/mol. The molecule has 0 unspecified atom stereocenters. The van der Waals surface area contributed by atoms with Gasteiger partial charge in [-0.3, -0.25) is 4.79 Å². The molecule has 1 aromatic rings. The first kappa shape index (κ1) is 17.3. The highest BCUT2D eigenvalue weighted by Crippen LogP contribution is 2.28. The molecule has 1 rings (SSSR count). The summed E-state index contributed by atoms with van der Waals surface area (Å²) in [5, 5.41) is 2.17. The van der Waals surface area contributed by atoms with Crippen LogP contribution in [-0.4, -0.2) is 27.0 Å². The van der Waals surface area contributed by atoms with Crippen molar-refractivity contribution in [3.05, 3.63) is 16.5 Å². The average Bonchev–Trinajstić information content (AvgIpc) is 2.65. The van der Waals surface area contributed by atoms with Crippen molar-refractivity contribution >= 4 is 41.6 Å². The normalized spacial score (nSPS) is 12.4. The summed E-state index contributed by atoms with van der Waals surface area (Å²) in [4.78, 5) is 11.1. The number of halogens is 5. The van der Waals surface area contributed by atoms with Gasteiger partial charge in [0.25, 0.3) is 15.0 Å². The molecule has 0 aliphatic rings. The number of alkyl halides is 3. The van der Waals surface area contributed by atoms with Gasteiger partial charge >= 0.3 is 6.18 Å². The average molecular weight is 399 g/mol. The van der Waals surface area contributed by atoms with Crippen molar-refractivity contribution in [2.24, 2.45) is 0 Å². The van der Waals surface area contributed by atoms with E-state index in [1.807, 2.05) is 0 Å². The summed E-state index contributed by atoms with van der Waals surface area (Å²) in [6.45, 7) is -0.223. The van der Waals surface area contributed by atoms with E-state index >= 15 is 0 Å². The summed E-state index contributed by atoms with van der Waals surface area (Å²) in [7, 11) is 0.996. The molecule has 0 bridgehead atoms. The predicted octanol–water partition coefficient (Wildman–Crippen LogP) is 3.04. The summed E-state index contributed by atoms with van der Waals surface area (Å²) >= 11 is 2.77. The minimum absolute atomic E-state index is 0.223. The molecule has 1 N–H and O–H groups in total. The van der Waals surface area contributed by atoms with E-state index in [0.29, 0.717) is 0 Å². The number of hydrogen-bond acceptors (Lipinski definition) is 4. The lowest BCUT2D eigenvalue weighted by Crippen LogP contribution is -2.25. The lowest BCUT2D eigenvalue weighted by atomic mass is 10.3. The van der Waals surface area contributed by atoms with Crippen LogP contribution in [0.4, 0.5) is 13.2 Å². The van der Waals surface area contributed by atoms with Crippen LogP contribution in [0.15, 0.2) is 20.0 Å². The molecule has 0 atom stereocenters. The van der Waals surface area contributed by atoms with Crippen molar-refractivity contribution in [1.82, 2.24) is 5.32 Å². The van der Waals surface area contributed by atoms with Gasteiger partial charge in [-0.25, -0.2) is 8.42 Å². The van der Waals surface area contributed by atoms with Gasteiger partial charge in [-0.2, -0.15) is 13.2 Å². The van der Waals surface area contributed by atoms with Gasteiger partial charge in [0.2, 0.25) is 0 Å². The van der Waals surface area contributed by atoms with E-state index in [1.165, 1.54) is 0 Å². The molecule has 5 nitrogen and oxygen atoms in total. The zero-order chi connectivity index (χ0) is 15.6. The number of carbonyl (C=O) groups excluding carboxylic acids is 1. The molecular formula is C9H8BrClF3NO4S. The molecular weight excluding hydrogens is 391 g/mol. The SMILES string of the molecule is O=C(NCCCC(F)(F)F)c1cc(S(=O)(=O)Cl)c(Br)o1. The number of rotatable bonds is 5. The largest absolute Gasteiger partial charge is 0.443 e. The lowest BCUT2D eigenvalue weighted by Gasteiger charge is -2.06. The number of carbonyl (C=O) groups is 1.